The fourth-order valence-electron chi connectivity index (χ4n) is 8.42. The number of benzene rings is 2. The van der Waals surface area contributed by atoms with Crippen LogP contribution in [0.1, 0.15) is 104 Å². The zero-order valence-corrected chi connectivity index (χ0v) is 45.4. The monoisotopic (exact) mass is 1110 g/mol. The van der Waals surface area contributed by atoms with Crippen molar-refractivity contribution in [2.75, 3.05) is 32.8 Å². The fraction of sp³-hybridized carbons (Fsp3) is 0.509. The van der Waals surface area contributed by atoms with Gasteiger partial charge in [0.1, 0.15) is 54.5 Å². The van der Waals surface area contributed by atoms with E-state index < -0.39 is 138 Å². The summed E-state index contributed by atoms with van der Waals surface area (Å²) in [7, 11) is 0. The summed E-state index contributed by atoms with van der Waals surface area (Å²) >= 11 is 0. The standard InChI is InChI=1S/C53H76F2N12O12/c1-30(62-50(76)39(63-32(3)69)14-10-11-20-56)47(73)61-31(2)48(74)65-41(26-43(58)70)51(77)64-40(49(75)60-22-21-59-44(71)18-17-38(57)52(78)79)19-23-67(45(72)29-68)46(53(4,5)6)42-24-34(36-25-35(54)15-16-37(36)55)28-66(42)27-33-12-8-7-9-13-33/h7-9,12-13,15-16,24-25,28,30-31,38-41,46,68H,10-11,14,17-23,26-27,29,56-57H2,1-6H3,(H2,58,70)(H,59,71)(H,60,75)(H,61,73)(H,62,76)(H,63,69)(H,64,77)(H,65,74)(H,78,79)/t30-,31-,38-,39-,40-,41-,46-/m0/s1. The van der Waals surface area contributed by atoms with Gasteiger partial charge in [0.05, 0.1) is 12.5 Å². The normalized spacial score (nSPS) is 13.9. The number of aliphatic hydroxyl groups is 1. The lowest BCUT2D eigenvalue weighted by atomic mass is 9.82. The van der Waals surface area contributed by atoms with Gasteiger partial charge in [0.15, 0.2) is 0 Å². The second-order valence-electron chi connectivity index (χ2n) is 20.1. The van der Waals surface area contributed by atoms with Crippen molar-refractivity contribution in [3.63, 3.8) is 0 Å². The first kappa shape index (κ1) is 65.4. The Morgan fingerprint density at radius 3 is 1.92 bits per heavy atom. The van der Waals surface area contributed by atoms with Crippen molar-refractivity contribution in [3.8, 4) is 11.1 Å². The zero-order valence-electron chi connectivity index (χ0n) is 45.4. The first-order valence-corrected chi connectivity index (χ1v) is 25.8. The van der Waals surface area contributed by atoms with Gasteiger partial charge in [-0.05, 0) is 87.7 Å². The lowest BCUT2D eigenvalue weighted by Crippen LogP contribution is -2.59. The summed E-state index contributed by atoms with van der Waals surface area (Å²) in [4.78, 5) is 131. The molecule has 79 heavy (non-hydrogen) atoms. The van der Waals surface area contributed by atoms with Gasteiger partial charge in [-0.25, -0.2) is 8.78 Å². The molecular formula is C53H76F2N12O12. The Bertz CT molecular complexity index is 2610. The van der Waals surface area contributed by atoms with Crippen LogP contribution in [0.2, 0.25) is 0 Å². The molecule has 434 valence electrons. The number of carboxylic acids is 1. The minimum Gasteiger partial charge on any atom is -0.480 e. The molecule has 2 aromatic carbocycles. The number of primary amides is 1. The Hall–Kier alpha value is -7.84. The molecule has 0 aliphatic carbocycles. The van der Waals surface area contributed by atoms with Crippen LogP contribution in [-0.4, -0.2) is 148 Å². The topological polar surface area (TPSA) is 382 Å². The number of carbonyl (C=O) groups is 10. The molecule has 0 unspecified atom stereocenters. The number of carbonyl (C=O) groups excluding carboxylic acids is 9. The van der Waals surface area contributed by atoms with Crippen molar-refractivity contribution in [3.05, 3.63) is 83.7 Å². The highest BCUT2D eigenvalue weighted by Crippen LogP contribution is 2.41. The minimum atomic E-state index is -1.78. The molecule has 26 heteroatoms. The maximum absolute atomic E-state index is 15.4. The van der Waals surface area contributed by atoms with E-state index in [9.17, 15) is 57.4 Å². The van der Waals surface area contributed by atoms with Crippen LogP contribution in [0.5, 0.6) is 0 Å². The SMILES string of the molecule is CC(=O)N[C@@H](CCCCN)C(=O)N[C@@H](C)C(=O)N[C@@H](C)C(=O)N[C@@H](CC(N)=O)C(=O)N[C@@H](CCN(C(=O)CO)[C@@H](c1cc(-c2cc(F)ccc2F)cn1Cc1ccccc1)C(C)(C)C)C(=O)NCCNC(=O)CC[C@H](N)C(=O)O. The first-order chi connectivity index (χ1) is 37.2. The molecule has 0 bridgehead atoms. The zero-order chi connectivity index (χ0) is 59.1. The second-order valence-corrected chi connectivity index (χ2v) is 20.1. The smallest absolute Gasteiger partial charge is 0.320 e. The van der Waals surface area contributed by atoms with E-state index in [0.717, 1.165) is 23.8 Å². The number of hydrogen-bond donors (Lipinski definition) is 12. The van der Waals surface area contributed by atoms with E-state index in [1.165, 1.54) is 25.7 Å². The van der Waals surface area contributed by atoms with Crippen LogP contribution in [0, 0.1) is 17.0 Å². The number of nitrogens with two attached hydrogens (primary N) is 3. The molecule has 24 nitrogen and oxygen atoms in total. The molecule has 9 amide bonds. The van der Waals surface area contributed by atoms with Crippen LogP contribution >= 0.6 is 0 Å². The second kappa shape index (κ2) is 31.5. The predicted molar refractivity (Wildman–Crippen MR) is 285 cm³/mol. The molecule has 3 rings (SSSR count). The summed E-state index contributed by atoms with van der Waals surface area (Å²) in [6, 6.07) is 4.40. The highest BCUT2D eigenvalue weighted by atomic mass is 19.1. The maximum atomic E-state index is 15.4. The molecule has 0 saturated carbocycles. The number of aliphatic carboxylic acids is 1. The number of unbranched alkanes of at least 4 members (excludes halogenated alkanes) is 1. The third kappa shape index (κ3) is 21.5. The minimum absolute atomic E-state index is 0.0732. The lowest BCUT2D eigenvalue weighted by molar-refractivity contribution is -0.140. The molecule has 3 aromatic rings. The van der Waals surface area contributed by atoms with Crippen LogP contribution in [-0.2, 0) is 54.5 Å². The molecule has 0 aliphatic rings. The highest BCUT2D eigenvalue weighted by Gasteiger charge is 2.39. The van der Waals surface area contributed by atoms with Gasteiger partial charge < -0.3 is 74.1 Å². The largest absolute Gasteiger partial charge is 0.480 e. The van der Waals surface area contributed by atoms with Crippen LogP contribution in [0.4, 0.5) is 8.78 Å². The molecule has 7 atom stereocenters. The molecule has 0 saturated heterocycles. The number of carboxylic acid groups (broad SMARTS) is 1. The molecule has 0 spiro atoms. The van der Waals surface area contributed by atoms with Crippen molar-refractivity contribution in [1.82, 2.24) is 46.7 Å². The maximum Gasteiger partial charge on any atom is 0.320 e. The summed E-state index contributed by atoms with van der Waals surface area (Å²) in [5, 5.41) is 36.9. The Balaban J connectivity index is 1.99. The Kier molecular flexibility index (Phi) is 26.1. The van der Waals surface area contributed by atoms with E-state index in [-0.39, 0.29) is 56.6 Å². The van der Waals surface area contributed by atoms with E-state index in [4.69, 9.17) is 22.3 Å². The van der Waals surface area contributed by atoms with Gasteiger partial charge in [-0.2, -0.15) is 0 Å². The molecule has 0 fully saturated rings. The highest BCUT2D eigenvalue weighted by molar-refractivity contribution is 5.97. The van der Waals surface area contributed by atoms with Gasteiger partial charge in [0.25, 0.3) is 0 Å². The van der Waals surface area contributed by atoms with Gasteiger partial charge >= 0.3 is 5.97 Å². The lowest BCUT2D eigenvalue weighted by Gasteiger charge is -2.41. The van der Waals surface area contributed by atoms with Gasteiger partial charge in [0.2, 0.25) is 53.2 Å². The number of aliphatic hydroxyl groups excluding tert-OH is 1. The van der Waals surface area contributed by atoms with Crippen LogP contribution in [0.15, 0.2) is 60.8 Å². The number of nitrogens with zero attached hydrogens (tertiary/aromatic N) is 2. The van der Waals surface area contributed by atoms with E-state index in [1.54, 1.807) is 37.6 Å². The van der Waals surface area contributed by atoms with E-state index in [0.29, 0.717) is 25.1 Å². The van der Waals surface area contributed by atoms with Gasteiger partial charge in [0, 0.05) is 62.5 Å². The third-order valence-electron chi connectivity index (χ3n) is 12.5. The third-order valence-corrected chi connectivity index (χ3v) is 12.5. The molecule has 1 aromatic heterocycles. The fourth-order valence-corrected chi connectivity index (χ4v) is 8.42. The average Bonchev–Trinajstić information content (AvgIpc) is 3.91. The Labute approximate surface area is 457 Å². The van der Waals surface area contributed by atoms with Gasteiger partial charge in [-0.3, -0.25) is 47.9 Å². The van der Waals surface area contributed by atoms with Crippen molar-refractivity contribution >= 4 is 59.1 Å². The summed E-state index contributed by atoms with van der Waals surface area (Å²) in [6.45, 7) is 7.87. The molecular weight excluding hydrogens is 1030 g/mol. The Morgan fingerprint density at radius 1 is 0.734 bits per heavy atom. The van der Waals surface area contributed by atoms with Gasteiger partial charge in [-0.1, -0.05) is 51.1 Å². The number of amides is 9. The van der Waals surface area contributed by atoms with Crippen molar-refractivity contribution in [1.29, 1.82) is 0 Å². The summed E-state index contributed by atoms with van der Waals surface area (Å²) in [5.74, 6) is -10.2. The summed E-state index contributed by atoms with van der Waals surface area (Å²) in [5.41, 5.74) is 17.1. The van der Waals surface area contributed by atoms with E-state index >= 15 is 4.39 Å². The number of aromatic nitrogens is 1. The summed E-state index contributed by atoms with van der Waals surface area (Å²) in [6.07, 6.45) is 1.25. The average molecular weight is 1110 g/mol. The Morgan fingerprint density at radius 2 is 1.33 bits per heavy atom. The predicted octanol–water partition coefficient (Wildman–Crippen LogP) is -0.308. The van der Waals surface area contributed by atoms with Crippen molar-refractivity contribution < 1.29 is 66.9 Å². The summed E-state index contributed by atoms with van der Waals surface area (Å²) < 4.78 is 31.8. The number of nitrogens with one attached hydrogen (secondary N) is 7. The molecule has 0 aliphatic heterocycles. The number of hydrogen-bond acceptors (Lipinski definition) is 13. The van der Waals surface area contributed by atoms with E-state index in [1.807, 2.05) is 30.3 Å². The van der Waals surface area contributed by atoms with Crippen LogP contribution in [0.25, 0.3) is 11.1 Å². The van der Waals surface area contributed by atoms with E-state index in [2.05, 4.69) is 37.2 Å². The number of halogens is 2. The van der Waals surface area contributed by atoms with Gasteiger partial charge in [-0.15, -0.1) is 0 Å². The molecule has 0 radical (unpaired) electrons. The molecule has 1 heterocycles. The number of rotatable bonds is 32. The van der Waals surface area contributed by atoms with Crippen molar-refractivity contribution in [2.24, 2.45) is 22.6 Å². The van der Waals surface area contributed by atoms with Crippen molar-refractivity contribution in [2.45, 2.75) is 135 Å². The first-order valence-electron chi connectivity index (χ1n) is 25.8. The quantitative estimate of drug-likeness (QED) is 0.0357. The van der Waals surface area contributed by atoms with Crippen LogP contribution in [0.3, 0.4) is 0 Å². The van der Waals surface area contributed by atoms with Crippen LogP contribution < -0.4 is 54.4 Å². The molecule has 15 N–H and O–H groups in total.